The van der Waals surface area contributed by atoms with Crippen LogP contribution in [0.2, 0.25) is 0 Å². The zero-order valence-electron chi connectivity index (χ0n) is 14.5. The zero-order chi connectivity index (χ0) is 16.5. The van der Waals surface area contributed by atoms with Crippen LogP contribution in [-0.2, 0) is 6.54 Å². The number of hydrogen-bond acceptors (Lipinski definition) is 4. The number of aliphatic hydroxyl groups is 1. The van der Waals surface area contributed by atoms with E-state index in [1.165, 1.54) is 5.56 Å². The van der Waals surface area contributed by atoms with Crippen molar-refractivity contribution in [2.24, 2.45) is 0 Å². The molecule has 4 nitrogen and oxygen atoms in total. The van der Waals surface area contributed by atoms with Crippen molar-refractivity contribution in [3.05, 3.63) is 23.8 Å². The Morgan fingerprint density at radius 1 is 1.09 bits per heavy atom. The first kappa shape index (κ1) is 18.1. The lowest BCUT2D eigenvalue weighted by atomic mass is 9.93. The van der Waals surface area contributed by atoms with Crippen molar-refractivity contribution < 1.29 is 14.6 Å². The first-order chi connectivity index (χ1) is 11.2. The van der Waals surface area contributed by atoms with E-state index >= 15 is 0 Å². The second-order valence-corrected chi connectivity index (χ2v) is 6.30. The predicted molar refractivity (Wildman–Crippen MR) is 93.1 cm³/mol. The van der Waals surface area contributed by atoms with Crippen LogP contribution in [-0.4, -0.2) is 30.5 Å². The molecule has 4 heteroatoms. The second kappa shape index (κ2) is 9.78. The van der Waals surface area contributed by atoms with Crippen LogP contribution in [0.4, 0.5) is 0 Å². The molecule has 1 saturated carbocycles. The van der Waals surface area contributed by atoms with Crippen molar-refractivity contribution in [1.29, 1.82) is 0 Å². The van der Waals surface area contributed by atoms with E-state index in [0.717, 1.165) is 63.2 Å². The van der Waals surface area contributed by atoms with Gasteiger partial charge in [0.1, 0.15) is 0 Å². The molecule has 1 aromatic rings. The molecular formula is C19H31NO3. The fourth-order valence-corrected chi connectivity index (χ4v) is 2.92. The Bertz CT molecular complexity index is 456. The molecule has 0 aliphatic heterocycles. The smallest absolute Gasteiger partial charge is 0.161 e. The van der Waals surface area contributed by atoms with Crippen molar-refractivity contribution in [2.45, 2.75) is 71.1 Å². The second-order valence-electron chi connectivity index (χ2n) is 6.30. The average molecular weight is 321 g/mol. The van der Waals surface area contributed by atoms with Crippen LogP contribution in [0.5, 0.6) is 11.5 Å². The topological polar surface area (TPSA) is 50.7 Å². The SMILES string of the molecule is CCCCOc1ccc(CNC2CCC(O)CC2)cc1OCC. The number of ether oxygens (including phenoxy) is 2. The molecule has 0 bridgehead atoms. The lowest BCUT2D eigenvalue weighted by Crippen LogP contribution is -2.34. The maximum absolute atomic E-state index is 9.57. The summed E-state index contributed by atoms with van der Waals surface area (Å²) in [5.74, 6) is 1.67. The highest BCUT2D eigenvalue weighted by Crippen LogP contribution is 2.29. The van der Waals surface area contributed by atoms with E-state index in [-0.39, 0.29) is 6.10 Å². The summed E-state index contributed by atoms with van der Waals surface area (Å²) < 4.78 is 11.5. The van der Waals surface area contributed by atoms with E-state index in [0.29, 0.717) is 12.6 Å². The lowest BCUT2D eigenvalue weighted by molar-refractivity contribution is 0.116. The molecule has 1 aromatic carbocycles. The van der Waals surface area contributed by atoms with Gasteiger partial charge in [-0.15, -0.1) is 0 Å². The average Bonchev–Trinajstić information content (AvgIpc) is 2.56. The highest BCUT2D eigenvalue weighted by molar-refractivity contribution is 5.43. The fraction of sp³-hybridized carbons (Fsp3) is 0.684. The zero-order valence-corrected chi connectivity index (χ0v) is 14.5. The highest BCUT2D eigenvalue weighted by Gasteiger charge is 2.18. The van der Waals surface area contributed by atoms with Gasteiger partial charge in [0.15, 0.2) is 11.5 Å². The van der Waals surface area contributed by atoms with Crippen molar-refractivity contribution >= 4 is 0 Å². The van der Waals surface area contributed by atoms with Crippen LogP contribution in [0.25, 0.3) is 0 Å². The van der Waals surface area contributed by atoms with Crippen molar-refractivity contribution in [3.8, 4) is 11.5 Å². The van der Waals surface area contributed by atoms with Crippen LogP contribution in [0.3, 0.4) is 0 Å². The number of rotatable bonds is 9. The van der Waals surface area contributed by atoms with Gasteiger partial charge < -0.3 is 19.9 Å². The molecular weight excluding hydrogens is 290 g/mol. The van der Waals surface area contributed by atoms with Gasteiger partial charge in [-0.2, -0.15) is 0 Å². The molecule has 1 fully saturated rings. The van der Waals surface area contributed by atoms with Gasteiger partial charge in [0.25, 0.3) is 0 Å². The molecule has 130 valence electrons. The molecule has 0 heterocycles. The molecule has 1 aliphatic rings. The minimum Gasteiger partial charge on any atom is -0.490 e. The maximum atomic E-state index is 9.57. The summed E-state index contributed by atoms with van der Waals surface area (Å²) in [6.07, 6.45) is 6.01. The Kier molecular flexibility index (Phi) is 7.69. The molecule has 0 saturated heterocycles. The molecule has 2 rings (SSSR count). The fourth-order valence-electron chi connectivity index (χ4n) is 2.92. The quantitative estimate of drug-likeness (QED) is 0.682. The van der Waals surface area contributed by atoms with E-state index < -0.39 is 0 Å². The van der Waals surface area contributed by atoms with Crippen LogP contribution < -0.4 is 14.8 Å². The summed E-state index contributed by atoms with van der Waals surface area (Å²) in [5, 5.41) is 13.2. The lowest BCUT2D eigenvalue weighted by Gasteiger charge is -2.26. The molecule has 0 aromatic heterocycles. The minimum absolute atomic E-state index is 0.0999. The Labute approximate surface area is 140 Å². The summed E-state index contributed by atoms with van der Waals surface area (Å²) in [6.45, 7) is 6.36. The van der Waals surface area contributed by atoms with Gasteiger partial charge in [0, 0.05) is 12.6 Å². The van der Waals surface area contributed by atoms with E-state index in [9.17, 15) is 5.11 Å². The molecule has 23 heavy (non-hydrogen) atoms. The normalized spacial score (nSPS) is 21.2. The van der Waals surface area contributed by atoms with E-state index in [1.807, 2.05) is 13.0 Å². The molecule has 0 amide bonds. The third-order valence-corrected chi connectivity index (χ3v) is 4.35. The number of nitrogens with one attached hydrogen (secondary N) is 1. The monoisotopic (exact) mass is 321 g/mol. The summed E-state index contributed by atoms with van der Waals surface area (Å²) >= 11 is 0. The number of benzene rings is 1. The number of hydrogen-bond donors (Lipinski definition) is 2. The third-order valence-electron chi connectivity index (χ3n) is 4.35. The third kappa shape index (κ3) is 6.04. The Morgan fingerprint density at radius 3 is 2.57 bits per heavy atom. The van der Waals surface area contributed by atoms with Gasteiger partial charge in [-0.1, -0.05) is 19.4 Å². The van der Waals surface area contributed by atoms with Crippen molar-refractivity contribution in [1.82, 2.24) is 5.32 Å². The van der Waals surface area contributed by atoms with E-state index in [2.05, 4.69) is 24.4 Å². The van der Waals surface area contributed by atoms with Gasteiger partial charge in [0.05, 0.1) is 19.3 Å². The molecule has 0 unspecified atom stereocenters. The summed E-state index contributed by atoms with van der Waals surface area (Å²) in [4.78, 5) is 0. The molecule has 0 atom stereocenters. The molecule has 1 aliphatic carbocycles. The van der Waals surface area contributed by atoms with Gasteiger partial charge in [-0.05, 0) is 56.7 Å². The van der Waals surface area contributed by atoms with Crippen LogP contribution in [0.1, 0.15) is 57.9 Å². The van der Waals surface area contributed by atoms with E-state index in [4.69, 9.17) is 9.47 Å². The molecule has 0 spiro atoms. The van der Waals surface area contributed by atoms with Crippen molar-refractivity contribution in [2.75, 3.05) is 13.2 Å². The summed E-state index contributed by atoms with van der Waals surface area (Å²) in [5.41, 5.74) is 1.21. The number of unbranched alkanes of at least 4 members (excludes halogenated alkanes) is 1. The number of aliphatic hydroxyl groups excluding tert-OH is 1. The highest BCUT2D eigenvalue weighted by atomic mass is 16.5. The maximum Gasteiger partial charge on any atom is 0.161 e. The van der Waals surface area contributed by atoms with Crippen molar-refractivity contribution in [3.63, 3.8) is 0 Å². The van der Waals surface area contributed by atoms with Gasteiger partial charge >= 0.3 is 0 Å². The largest absolute Gasteiger partial charge is 0.490 e. The van der Waals surface area contributed by atoms with E-state index in [1.54, 1.807) is 0 Å². The molecule has 2 N–H and O–H groups in total. The standard InChI is InChI=1S/C19H31NO3/c1-3-5-12-23-18-11-6-15(13-19(18)22-4-2)14-20-16-7-9-17(21)10-8-16/h6,11,13,16-17,20-21H,3-5,7-10,12,14H2,1-2H3. The van der Waals surface area contributed by atoms with Crippen LogP contribution >= 0.6 is 0 Å². The Balaban J connectivity index is 1.89. The van der Waals surface area contributed by atoms with Gasteiger partial charge in [-0.3, -0.25) is 0 Å². The first-order valence-corrected chi connectivity index (χ1v) is 9.02. The Morgan fingerprint density at radius 2 is 1.87 bits per heavy atom. The summed E-state index contributed by atoms with van der Waals surface area (Å²) in [7, 11) is 0. The Hall–Kier alpha value is -1.26. The van der Waals surface area contributed by atoms with Crippen LogP contribution in [0, 0.1) is 0 Å². The summed E-state index contributed by atoms with van der Waals surface area (Å²) in [6, 6.07) is 6.71. The predicted octanol–water partition coefficient (Wildman–Crippen LogP) is 3.66. The first-order valence-electron chi connectivity index (χ1n) is 9.02. The van der Waals surface area contributed by atoms with Crippen LogP contribution in [0.15, 0.2) is 18.2 Å². The van der Waals surface area contributed by atoms with Gasteiger partial charge in [-0.25, -0.2) is 0 Å². The minimum atomic E-state index is -0.0999. The molecule has 0 radical (unpaired) electrons. The van der Waals surface area contributed by atoms with Gasteiger partial charge in [0.2, 0.25) is 0 Å².